The van der Waals surface area contributed by atoms with Gasteiger partial charge in [0.05, 0.1) is 24.0 Å². The van der Waals surface area contributed by atoms with Crippen LogP contribution in [-0.4, -0.2) is 26.0 Å². The molecule has 0 amide bonds. The van der Waals surface area contributed by atoms with Gasteiger partial charge in [-0.1, -0.05) is 29.8 Å². The predicted molar refractivity (Wildman–Crippen MR) is 121 cm³/mol. The second-order valence-corrected chi connectivity index (χ2v) is 9.82. The van der Waals surface area contributed by atoms with Gasteiger partial charge in [0, 0.05) is 21.6 Å². The number of benzene rings is 2. The van der Waals surface area contributed by atoms with E-state index in [0.29, 0.717) is 10.6 Å². The summed E-state index contributed by atoms with van der Waals surface area (Å²) < 4.78 is 34.3. The third kappa shape index (κ3) is 4.63. The van der Waals surface area contributed by atoms with Gasteiger partial charge in [0.2, 0.25) is 10.0 Å². The summed E-state index contributed by atoms with van der Waals surface area (Å²) in [6, 6.07) is 11.2. The Bertz CT molecular complexity index is 1220. The number of hydrogen-bond acceptors (Lipinski definition) is 4. The van der Waals surface area contributed by atoms with E-state index in [2.05, 4.69) is 9.71 Å². The Labute approximate surface area is 187 Å². The Balaban J connectivity index is 1.68. The molecule has 164 valence electrons. The topological polar surface area (TPSA) is 88.3 Å². The van der Waals surface area contributed by atoms with Crippen LogP contribution in [0.4, 0.5) is 0 Å². The maximum Gasteiger partial charge on any atom is 0.307 e. The van der Waals surface area contributed by atoms with Gasteiger partial charge in [0.15, 0.2) is 0 Å². The molecule has 6 nitrogen and oxygen atoms in total. The lowest BCUT2D eigenvalue weighted by Gasteiger charge is -2.20. The van der Waals surface area contributed by atoms with Crippen molar-refractivity contribution < 1.29 is 17.9 Å². The zero-order chi connectivity index (χ0) is 22.0. The van der Waals surface area contributed by atoms with Gasteiger partial charge in [-0.2, -0.15) is 0 Å². The van der Waals surface area contributed by atoms with Crippen molar-refractivity contribution in [2.45, 2.75) is 50.0 Å². The molecule has 1 aromatic heterocycles. The Hall–Kier alpha value is -2.35. The maximum absolute atomic E-state index is 13.3. The fourth-order valence-corrected chi connectivity index (χ4v) is 5.68. The fourth-order valence-electron chi connectivity index (χ4n) is 4.17. The van der Waals surface area contributed by atoms with Gasteiger partial charge < -0.3 is 9.72 Å². The number of nitrogens with one attached hydrogen (secondary N) is 2. The molecule has 1 aliphatic carbocycles. The van der Waals surface area contributed by atoms with Crippen LogP contribution in [0.2, 0.25) is 5.02 Å². The van der Waals surface area contributed by atoms with Crippen molar-refractivity contribution in [1.29, 1.82) is 0 Å². The Morgan fingerprint density at radius 2 is 1.97 bits per heavy atom. The largest absolute Gasteiger partial charge is 0.466 e. The van der Waals surface area contributed by atoms with Gasteiger partial charge >= 0.3 is 5.97 Å². The maximum atomic E-state index is 13.3. The van der Waals surface area contributed by atoms with Gasteiger partial charge in [-0.3, -0.25) is 4.79 Å². The first-order chi connectivity index (χ1) is 14.9. The van der Waals surface area contributed by atoms with Crippen LogP contribution in [0.5, 0.6) is 0 Å². The van der Waals surface area contributed by atoms with Crippen molar-refractivity contribution >= 4 is 38.5 Å². The van der Waals surface area contributed by atoms with Crippen molar-refractivity contribution in [1.82, 2.24) is 9.71 Å². The lowest BCUT2D eigenvalue weighted by Crippen LogP contribution is -2.31. The molecule has 0 unspecified atom stereocenters. The van der Waals surface area contributed by atoms with Crippen molar-refractivity contribution in [3.05, 3.63) is 64.3 Å². The number of sulfonamides is 1. The van der Waals surface area contributed by atoms with E-state index in [1.807, 2.05) is 0 Å². The summed E-state index contributed by atoms with van der Waals surface area (Å²) in [5.74, 6) is -0.495. The number of aromatic nitrogens is 1. The molecule has 0 fully saturated rings. The molecule has 0 aliphatic heterocycles. The fraction of sp³-hybridized carbons (Fsp3) is 0.348. The van der Waals surface area contributed by atoms with Crippen LogP contribution in [0.1, 0.15) is 49.0 Å². The number of fused-ring (bicyclic) bond motifs is 3. The van der Waals surface area contributed by atoms with E-state index in [0.717, 1.165) is 36.6 Å². The Morgan fingerprint density at radius 1 is 1.19 bits per heavy atom. The summed E-state index contributed by atoms with van der Waals surface area (Å²) in [6.45, 7) is 1.93. The van der Waals surface area contributed by atoms with Crippen LogP contribution >= 0.6 is 11.6 Å². The van der Waals surface area contributed by atoms with Crippen LogP contribution in [0.15, 0.2) is 47.4 Å². The molecule has 31 heavy (non-hydrogen) atoms. The van der Waals surface area contributed by atoms with Crippen molar-refractivity contribution in [3.63, 3.8) is 0 Å². The molecule has 0 bridgehead atoms. The Morgan fingerprint density at radius 3 is 2.74 bits per heavy atom. The zero-order valence-electron chi connectivity index (χ0n) is 17.3. The summed E-state index contributed by atoms with van der Waals surface area (Å²) in [4.78, 5) is 15.7. The quantitative estimate of drug-likeness (QED) is 0.501. The number of esters is 1. The molecule has 2 N–H and O–H groups in total. The molecular formula is C23H25ClN2O4S. The third-order valence-electron chi connectivity index (χ3n) is 5.63. The molecule has 4 rings (SSSR count). The van der Waals surface area contributed by atoms with Gasteiger partial charge in [-0.05, 0) is 68.0 Å². The third-order valence-corrected chi connectivity index (χ3v) is 7.45. The number of aryl methyl sites for hydroxylation is 2. The number of carbonyl (C=O) groups excluding carboxylic acids is 1. The molecule has 1 atom stereocenters. The van der Waals surface area contributed by atoms with Gasteiger partial charge in [-0.15, -0.1) is 0 Å². The summed E-state index contributed by atoms with van der Waals surface area (Å²) >= 11 is 6.31. The average molecular weight is 461 g/mol. The highest BCUT2D eigenvalue weighted by Gasteiger charge is 2.27. The minimum absolute atomic E-state index is 0.154. The lowest BCUT2D eigenvalue weighted by atomic mass is 9.96. The highest BCUT2D eigenvalue weighted by atomic mass is 35.5. The molecule has 1 aliphatic rings. The molecular weight excluding hydrogens is 436 g/mol. The second kappa shape index (κ2) is 9.02. The number of aromatic amines is 1. The van der Waals surface area contributed by atoms with E-state index < -0.39 is 22.0 Å². The van der Waals surface area contributed by atoms with Gasteiger partial charge in [0.1, 0.15) is 0 Å². The number of rotatable bonds is 7. The first kappa shape index (κ1) is 21.9. The summed E-state index contributed by atoms with van der Waals surface area (Å²) in [7, 11) is -3.91. The van der Waals surface area contributed by atoms with Crippen molar-refractivity contribution in [2.24, 2.45) is 0 Å². The molecule has 0 spiro atoms. The molecule has 0 saturated carbocycles. The number of ether oxygens (including phenoxy) is 1. The first-order valence-electron chi connectivity index (χ1n) is 10.4. The van der Waals surface area contributed by atoms with Crippen LogP contribution in [0.3, 0.4) is 0 Å². The number of halogens is 1. The normalized spacial score (nSPS) is 14.9. The first-order valence-corrected chi connectivity index (χ1v) is 12.3. The molecule has 0 radical (unpaired) electrons. The minimum Gasteiger partial charge on any atom is -0.466 e. The SMILES string of the molecule is CCOC(=O)C[C@@H](NS(=O)(=O)c1ccc2[nH]c3c(c2c1)CCCC3)c1ccccc1Cl. The standard InChI is InChI=1S/C23H25ClN2O4S/c1-2-30-23(27)14-22(17-8-3-5-9-19(17)24)26-31(28,29)15-11-12-21-18(13-15)16-7-4-6-10-20(16)25-21/h3,5,8-9,11-13,22,25-26H,2,4,6-7,10,14H2,1H3/t22-/m1/s1. The van der Waals surface area contributed by atoms with E-state index in [-0.39, 0.29) is 17.9 Å². The van der Waals surface area contributed by atoms with Gasteiger partial charge in [0.25, 0.3) is 0 Å². The lowest BCUT2D eigenvalue weighted by molar-refractivity contribution is -0.143. The van der Waals surface area contributed by atoms with E-state index in [1.54, 1.807) is 49.4 Å². The second-order valence-electron chi connectivity index (χ2n) is 7.70. The van der Waals surface area contributed by atoms with E-state index in [1.165, 1.54) is 11.3 Å². The molecule has 3 aromatic rings. The highest BCUT2D eigenvalue weighted by molar-refractivity contribution is 7.89. The number of hydrogen-bond donors (Lipinski definition) is 2. The summed E-state index contributed by atoms with van der Waals surface area (Å²) in [5.41, 5.74) is 3.87. The predicted octanol–water partition coefficient (Wildman–Crippen LogP) is 4.67. The number of carbonyl (C=O) groups is 1. The van der Waals surface area contributed by atoms with Crippen LogP contribution in [0.25, 0.3) is 10.9 Å². The Kier molecular flexibility index (Phi) is 6.36. The highest BCUT2D eigenvalue weighted by Crippen LogP contribution is 2.32. The molecule has 2 aromatic carbocycles. The van der Waals surface area contributed by atoms with E-state index >= 15 is 0 Å². The van der Waals surface area contributed by atoms with Crippen LogP contribution < -0.4 is 4.72 Å². The minimum atomic E-state index is -3.91. The van der Waals surface area contributed by atoms with E-state index in [4.69, 9.17) is 16.3 Å². The monoisotopic (exact) mass is 460 g/mol. The number of H-pyrrole nitrogens is 1. The molecule has 0 saturated heterocycles. The van der Waals surface area contributed by atoms with Crippen LogP contribution in [0, 0.1) is 0 Å². The zero-order valence-corrected chi connectivity index (χ0v) is 18.9. The summed E-state index contributed by atoms with van der Waals surface area (Å²) in [5, 5.41) is 1.33. The smallest absolute Gasteiger partial charge is 0.307 e. The summed E-state index contributed by atoms with van der Waals surface area (Å²) in [6.07, 6.45) is 4.01. The van der Waals surface area contributed by atoms with Crippen molar-refractivity contribution in [3.8, 4) is 0 Å². The van der Waals surface area contributed by atoms with E-state index in [9.17, 15) is 13.2 Å². The molecule has 1 heterocycles. The molecule has 8 heteroatoms. The average Bonchev–Trinajstić information content (AvgIpc) is 3.11. The van der Waals surface area contributed by atoms with Gasteiger partial charge in [-0.25, -0.2) is 13.1 Å². The van der Waals surface area contributed by atoms with Crippen molar-refractivity contribution in [2.75, 3.05) is 6.61 Å². The van der Waals surface area contributed by atoms with Crippen LogP contribution in [-0.2, 0) is 32.4 Å².